The van der Waals surface area contributed by atoms with Crippen LogP contribution in [0.5, 0.6) is 0 Å². The molecule has 2 rings (SSSR count). The van der Waals surface area contributed by atoms with Crippen LogP contribution in [0, 0.1) is 5.92 Å². The molecule has 1 fully saturated rings. The van der Waals surface area contributed by atoms with Gasteiger partial charge in [0, 0.05) is 0 Å². The Labute approximate surface area is 83.9 Å². The molecule has 1 N–H and O–H groups in total. The maximum absolute atomic E-state index is 9.08. The van der Waals surface area contributed by atoms with Gasteiger partial charge in [0.2, 0.25) is 0 Å². The first-order chi connectivity index (χ1) is 6.77. The molecule has 0 spiro atoms. The minimum absolute atomic E-state index is 0.000556. The fourth-order valence-electron chi connectivity index (χ4n) is 1.94. The lowest BCUT2D eigenvalue weighted by Gasteiger charge is -2.13. The fourth-order valence-corrected chi connectivity index (χ4v) is 1.94. The SMILES string of the molecule is CCc1c(CO)nnn1C(C)C1CC1. The van der Waals surface area contributed by atoms with E-state index in [1.54, 1.807) is 0 Å². The normalized spacial score (nSPS) is 18.5. The second-order valence-corrected chi connectivity index (χ2v) is 4.02. The van der Waals surface area contributed by atoms with Crippen LogP contribution >= 0.6 is 0 Å². The van der Waals surface area contributed by atoms with E-state index in [0.29, 0.717) is 6.04 Å². The summed E-state index contributed by atoms with van der Waals surface area (Å²) < 4.78 is 1.99. The lowest BCUT2D eigenvalue weighted by Crippen LogP contribution is -2.12. The van der Waals surface area contributed by atoms with Gasteiger partial charge in [-0.2, -0.15) is 0 Å². The zero-order valence-electron chi connectivity index (χ0n) is 8.77. The molecular weight excluding hydrogens is 178 g/mol. The van der Waals surface area contributed by atoms with Crippen molar-refractivity contribution in [1.29, 1.82) is 0 Å². The minimum Gasteiger partial charge on any atom is -0.390 e. The molecule has 1 aliphatic rings. The number of hydrogen-bond acceptors (Lipinski definition) is 3. The summed E-state index contributed by atoms with van der Waals surface area (Å²) in [6, 6.07) is 0.442. The molecule has 0 radical (unpaired) electrons. The first-order valence-electron chi connectivity index (χ1n) is 5.31. The largest absolute Gasteiger partial charge is 0.390 e. The second kappa shape index (κ2) is 3.69. The van der Waals surface area contributed by atoms with Gasteiger partial charge in [0.05, 0.1) is 18.3 Å². The number of hydrogen-bond donors (Lipinski definition) is 1. The Morgan fingerprint density at radius 2 is 2.29 bits per heavy atom. The molecular formula is C10H17N3O. The number of aliphatic hydroxyl groups excluding tert-OH is 1. The lowest BCUT2D eigenvalue weighted by atomic mass is 10.2. The van der Waals surface area contributed by atoms with E-state index in [0.717, 1.165) is 23.7 Å². The van der Waals surface area contributed by atoms with Crippen molar-refractivity contribution >= 4 is 0 Å². The van der Waals surface area contributed by atoms with E-state index in [-0.39, 0.29) is 6.61 Å². The molecule has 1 aliphatic carbocycles. The van der Waals surface area contributed by atoms with Gasteiger partial charge in [-0.15, -0.1) is 5.10 Å². The molecule has 4 nitrogen and oxygen atoms in total. The average molecular weight is 195 g/mol. The standard InChI is InChI=1S/C10H17N3O/c1-3-10-9(6-14)11-12-13(10)7(2)8-4-5-8/h7-8,14H,3-6H2,1-2H3. The number of aliphatic hydroxyl groups is 1. The highest BCUT2D eigenvalue weighted by Gasteiger charge is 2.31. The molecule has 1 unspecified atom stereocenters. The topological polar surface area (TPSA) is 50.9 Å². The predicted molar refractivity (Wildman–Crippen MR) is 52.8 cm³/mol. The van der Waals surface area contributed by atoms with Crippen LogP contribution in [0.15, 0.2) is 0 Å². The van der Waals surface area contributed by atoms with Crippen LogP contribution in [0.3, 0.4) is 0 Å². The van der Waals surface area contributed by atoms with Gasteiger partial charge in [-0.05, 0) is 32.1 Å². The van der Waals surface area contributed by atoms with Crippen LogP contribution in [0.2, 0.25) is 0 Å². The van der Waals surface area contributed by atoms with Crippen LogP contribution in [0.25, 0.3) is 0 Å². The first kappa shape index (κ1) is 9.65. The van der Waals surface area contributed by atoms with Crippen molar-refractivity contribution in [3.63, 3.8) is 0 Å². The fraction of sp³-hybridized carbons (Fsp3) is 0.800. The molecule has 14 heavy (non-hydrogen) atoms. The summed E-state index contributed by atoms with van der Waals surface area (Å²) in [7, 11) is 0. The van der Waals surface area contributed by atoms with Crippen molar-refractivity contribution in [2.45, 2.75) is 45.8 Å². The Bertz CT molecular complexity index is 317. The van der Waals surface area contributed by atoms with Gasteiger partial charge in [0.15, 0.2) is 0 Å². The van der Waals surface area contributed by atoms with Gasteiger partial charge in [-0.25, -0.2) is 4.68 Å². The zero-order chi connectivity index (χ0) is 10.1. The van der Waals surface area contributed by atoms with Crippen LogP contribution in [-0.4, -0.2) is 20.1 Å². The van der Waals surface area contributed by atoms with E-state index in [1.165, 1.54) is 12.8 Å². The second-order valence-electron chi connectivity index (χ2n) is 4.02. The Morgan fingerprint density at radius 1 is 1.57 bits per heavy atom. The molecule has 0 bridgehead atoms. The summed E-state index contributed by atoms with van der Waals surface area (Å²) in [6.45, 7) is 4.27. The quantitative estimate of drug-likeness (QED) is 0.788. The van der Waals surface area contributed by atoms with Crippen molar-refractivity contribution in [3.05, 3.63) is 11.4 Å². The van der Waals surface area contributed by atoms with Crippen molar-refractivity contribution in [1.82, 2.24) is 15.0 Å². The van der Waals surface area contributed by atoms with Crippen LogP contribution < -0.4 is 0 Å². The van der Waals surface area contributed by atoms with Crippen LogP contribution in [-0.2, 0) is 13.0 Å². The van der Waals surface area contributed by atoms with Crippen LogP contribution in [0.4, 0.5) is 0 Å². The molecule has 1 aromatic rings. The van der Waals surface area contributed by atoms with Crippen molar-refractivity contribution in [3.8, 4) is 0 Å². The molecule has 0 aromatic carbocycles. The Balaban J connectivity index is 2.26. The number of rotatable bonds is 4. The highest BCUT2D eigenvalue weighted by atomic mass is 16.3. The zero-order valence-corrected chi connectivity index (χ0v) is 8.77. The average Bonchev–Trinajstić information content (AvgIpc) is 2.96. The third kappa shape index (κ3) is 1.54. The van der Waals surface area contributed by atoms with E-state index >= 15 is 0 Å². The highest BCUT2D eigenvalue weighted by Crippen LogP contribution is 2.39. The third-order valence-electron chi connectivity index (χ3n) is 3.05. The first-order valence-corrected chi connectivity index (χ1v) is 5.31. The summed E-state index contributed by atoms with van der Waals surface area (Å²) >= 11 is 0. The van der Waals surface area contributed by atoms with Crippen molar-refractivity contribution < 1.29 is 5.11 Å². The molecule has 1 saturated carbocycles. The maximum atomic E-state index is 9.08. The Hall–Kier alpha value is -0.900. The Kier molecular flexibility index (Phi) is 2.54. The summed E-state index contributed by atoms with van der Waals surface area (Å²) in [5.74, 6) is 0.772. The monoisotopic (exact) mass is 195 g/mol. The summed E-state index contributed by atoms with van der Waals surface area (Å²) in [6.07, 6.45) is 3.50. The summed E-state index contributed by atoms with van der Waals surface area (Å²) in [4.78, 5) is 0. The molecule has 78 valence electrons. The Morgan fingerprint density at radius 3 is 2.79 bits per heavy atom. The summed E-state index contributed by atoms with van der Waals surface area (Å²) in [5, 5.41) is 17.2. The minimum atomic E-state index is 0.000556. The summed E-state index contributed by atoms with van der Waals surface area (Å²) in [5.41, 5.74) is 1.83. The van der Waals surface area contributed by atoms with Crippen LogP contribution in [0.1, 0.15) is 44.1 Å². The highest BCUT2D eigenvalue weighted by molar-refractivity contribution is 5.10. The molecule has 0 amide bonds. The molecule has 1 atom stereocenters. The van der Waals surface area contributed by atoms with Crippen molar-refractivity contribution in [2.75, 3.05) is 0 Å². The van der Waals surface area contributed by atoms with Gasteiger partial charge < -0.3 is 5.11 Å². The molecule has 0 saturated heterocycles. The van der Waals surface area contributed by atoms with E-state index in [2.05, 4.69) is 24.2 Å². The lowest BCUT2D eigenvalue weighted by molar-refractivity contribution is 0.275. The van der Waals surface area contributed by atoms with Gasteiger partial charge in [-0.1, -0.05) is 12.1 Å². The number of aromatic nitrogens is 3. The number of nitrogens with zero attached hydrogens (tertiary/aromatic N) is 3. The van der Waals surface area contributed by atoms with Crippen molar-refractivity contribution in [2.24, 2.45) is 5.92 Å². The van der Waals surface area contributed by atoms with Gasteiger partial charge in [-0.3, -0.25) is 0 Å². The molecule has 1 aromatic heterocycles. The van der Waals surface area contributed by atoms with E-state index < -0.39 is 0 Å². The van der Waals surface area contributed by atoms with Gasteiger partial charge in [0.1, 0.15) is 5.69 Å². The van der Waals surface area contributed by atoms with Gasteiger partial charge in [0.25, 0.3) is 0 Å². The van der Waals surface area contributed by atoms with E-state index in [4.69, 9.17) is 5.11 Å². The molecule has 0 aliphatic heterocycles. The molecule has 1 heterocycles. The van der Waals surface area contributed by atoms with Gasteiger partial charge >= 0.3 is 0 Å². The smallest absolute Gasteiger partial charge is 0.111 e. The molecule has 4 heteroatoms. The van der Waals surface area contributed by atoms with E-state index in [9.17, 15) is 0 Å². The van der Waals surface area contributed by atoms with E-state index in [1.807, 2.05) is 4.68 Å². The third-order valence-corrected chi connectivity index (χ3v) is 3.05. The predicted octanol–water partition coefficient (Wildman–Crippen LogP) is 1.30. The maximum Gasteiger partial charge on any atom is 0.111 e.